The Labute approximate surface area is 158 Å². The molecule has 0 saturated carbocycles. The molecule has 7 heteroatoms. The Morgan fingerprint density at radius 1 is 0.750 bits per heavy atom. The normalized spacial score (nSPS) is 13.0. The maximum atomic E-state index is 12.1. The summed E-state index contributed by atoms with van der Waals surface area (Å²) < 4.78 is 0. The highest BCUT2D eigenvalue weighted by molar-refractivity contribution is 6.34. The van der Waals surface area contributed by atoms with Gasteiger partial charge >= 0.3 is 5.97 Å². The van der Waals surface area contributed by atoms with Gasteiger partial charge in [-0.2, -0.15) is 17.0 Å². The Morgan fingerprint density at radius 3 is 1.93 bits per heavy atom. The Balaban J connectivity index is 2.03. The van der Waals surface area contributed by atoms with Gasteiger partial charge in [-0.1, -0.05) is 36.4 Å². The number of carbonyl (C=O) groups is 1. The highest BCUT2D eigenvalue weighted by Crippen LogP contribution is 2.42. The molecule has 7 nitrogen and oxygen atoms in total. The fraction of sp³-hybridized carbons (Fsp3) is 0. The van der Waals surface area contributed by atoms with Crippen molar-refractivity contribution in [2.45, 2.75) is 0 Å². The first-order valence-electron chi connectivity index (χ1n) is 8.60. The average molecular weight is 373 g/mol. The van der Waals surface area contributed by atoms with Crippen molar-refractivity contribution in [1.82, 2.24) is 0 Å². The summed E-state index contributed by atoms with van der Waals surface area (Å²) in [6, 6.07) is 18.7. The van der Waals surface area contributed by atoms with E-state index in [4.69, 9.17) is 11.8 Å². The number of fused-ring (bicyclic) bond motifs is 2. The van der Waals surface area contributed by atoms with Gasteiger partial charge in [-0.25, -0.2) is 4.79 Å². The lowest BCUT2D eigenvalue weighted by Gasteiger charge is -2.20. The number of rotatable bonds is 3. The number of benzene rings is 5. The molecule has 0 heterocycles. The highest BCUT2D eigenvalue weighted by Gasteiger charge is 2.20. The number of hydrogen-bond acceptors (Lipinski definition) is 6. The van der Waals surface area contributed by atoms with Crippen LogP contribution in [0.3, 0.4) is 0 Å². The van der Waals surface area contributed by atoms with Crippen LogP contribution in [-0.2, 0) is 9.78 Å². The van der Waals surface area contributed by atoms with E-state index in [0.717, 1.165) is 43.1 Å². The van der Waals surface area contributed by atoms with Gasteiger partial charge in [0.25, 0.3) is 0 Å². The zero-order valence-corrected chi connectivity index (χ0v) is 14.6. The SMILES string of the molecule is NOC(=O)c1ccc2c3cccc4c([NH+]([O-])ON)ccc(c5cccc1c25)c43. The molecule has 1 atom stereocenters. The van der Waals surface area contributed by atoms with E-state index < -0.39 is 11.2 Å². The van der Waals surface area contributed by atoms with E-state index in [1.165, 1.54) is 0 Å². The van der Waals surface area contributed by atoms with E-state index in [1.807, 2.05) is 48.5 Å². The zero-order chi connectivity index (χ0) is 19.4. The summed E-state index contributed by atoms with van der Waals surface area (Å²) in [7, 11) is 0. The van der Waals surface area contributed by atoms with Gasteiger partial charge in [-0.15, -0.1) is 4.94 Å². The molecule has 0 spiro atoms. The predicted molar refractivity (Wildman–Crippen MR) is 107 cm³/mol. The van der Waals surface area contributed by atoms with E-state index in [0.29, 0.717) is 11.3 Å². The standard InChI is InChI=1S/C21H15N3O4/c22-27-21(25)16-8-7-14-12-4-2-6-17-18(24(26)28-23)10-9-15(20(12)17)11-3-1-5-13(16)19(11)14/h1-10,24H,22-23H2. The van der Waals surface area contributed by atoms with Crippen LogP contribution in [0, 0.1) is 5.21 Å². The quantitative estimate of drug-likeness (QED) is 0.254. The van der Waals surface area contributed by atoms with Crippen molar-refractivity contribution in [1.29, 1.82) is 0 Å². The maximum Gasteiger partial charge on any atom is 0.357 e. The van der Waals surface area contributed by atoms with Crippen molar-refractivity contribution in [3.8, 4) is 0 Å². The van der Waals surface area contributed by atoms with Crippen LogP contribution in [0.15, 0.2) is 60.7 Å². The van der Waals surface area contributed by atoms with Gasteiger partial charge in [0, 0.05) is 16.8 Å². The molecule has 0 saturated heterocycles. The summed E-state index contributed by atoms with van der Waals surface area (Å²) in [4.78, 5) is 21.0. The number of nitrogens with one attached hydrogen (secondary N) is 1. The minimum atomic E-state index is -0.589. The maximum absolute atomic E-state index is 12.1. The molecular weight excluding hydrogens is 358 g/mol. The van der Waals surface area contributed by atoms with Gasteiger partial charge in [-0.05, 0) is 50.5 Å². The van der Waals surface area contributed by atoms with E-state index >= 15 is 0 Å². The summed E-state index contributed by atoms with van der Waals surface area (Å²) >= 11 is 0. The van der Waals surface area contributed by atoms with Crippen LogP contribution < -0.4 is 17.0 Å². The third-order valence-electron chi connectivity index (χ3n) is 5.32. The molecule has 138 valence electrons. The largest absolute Gasteiger partial charge is 0.593 e. The van der Waals surface area contributed by atoms with Crippen LogP contribution in [0.25, 0.3) is 43.1 Å². The second kappa shape index (κ2) is 6.10. The Hall–Kier alpha value is -3.33. The molecule has 0 amide bonds. The first-order valence-corrected chi connectivity index (χ1v) is 8.60. The lowest BCUT2D eigenvalue weighted by Crippen LogP contribution is -3.02. The Morgan fingerprint density at radius 2 is 1.29 bits per heavy atom. The van der Waals surface area contributed by atoms with E-state index in [2.05, 4.69) is 9.78 Å². The van der Waals surface area contributed by atoms with E-state index in [9.17, 15) is 10.0 Å². The molecule has 5 N–H and O–H groups in total. The molecule has 0 aliphatic carbocycles. The Kier molecular flexibility index (Phi) is 3.66. The molecule has 0 aliphatic heterocycles. The van der Waals surface area contributed by atoms with Crippen LogP contribution in [0.2, 0.25) is 0 Å². The second-order valence-electron chi connectivity index (χ2n) is 6.59. The first kappa shape index (κ1) is 16.8. The van der Waals surface area contributed by atoms with Gasteiger partial charge in [0.15, 0.2) is 5.69 Å². The van der Waals surface area contributed by atoms with Gasteiger partial charge in [-0.3, -0.25) is 0 Å². The predicted octanol–water partition coefficient (Wildman–Crippen LogP) is 2.59. The third-order valence-corrected chi connectivity index (χ3v) is 5.32. The van der Waals surface area contributed by atoms with E-state index in [1.54, 1.807) is 12.1 Å². The van der Waals surface area contributed by atoms with Gasteiger partial charge in [0.05, 0.1) is 5.56 Å². The van der Waals surface area contributed by atoms with Crippen molar-refractivity contribution in [2.24, 2.45) is 11.8 Å². The summed E-state index contributed by atoms with van der Waals surface area (Å²) in [6.07, 6.45) is 0. The molecule has 1 unspecified atom stereocenters. The molecule has 5 aromatic rings. The number of carbonyl (C=O) groups excluding carboxylic acids is 1. The highest BCUT2D eigenvalue weighted by atomic mass is 16.9. The van der Waals surface area contributed by atoms with Crippen LogP contribution in [0.4, 0.5) is 5.69 Å². The van der Waals surface area contributed by atoms with Crippen molar-refractivity contribution in [3.63, 3.8) is 0 Å². The molecule has 0 aromatic heterocycles. The van der Waals surface area contributed by atoms with Crippen molar-refractivity contribution < 1.29 is 19.8 Å². The summed E-state index contributed by atoms with van der Waals surface area (Å²) in [5, 5.41) is 18.8. The Bertz CT molecular complexity index is 1360. The van der Waals surface area contributed by atoms with Gasteiger partial charge in [0.1, 0.15) is 0 Å². The molecule has 5 rings (SSSR count). The molecule has 28 heavy (non-hydrogen) atoms. The zero-order valence-electron chi connectivity index (χ0n) is 14.6. The van der Waals surface area contributed by atoms with Crippen LogP contribution in [0.1, 0.15) is 10.4 Å². The van der Waals surface area contributed by atoms with Crippen LogP contribution in [-0.4, -0.2) is 5.97 Å². The fourth-order valence-corrected chi connectivity index (χ4v) is 4.19. The van der Waals surface area contributed by atoms with Crippen LogP contribution in [0.5, 0.6) is 0 Å². The molecular formula is C21H15N3O4. The minimum absolute atomic E-state index is 0.405. The molecule has 5 aromatic carbocycles. The second-order valence-corrected chi connectivity index (χ2v) is 6.59. The molecule has 0 aliphatic rings. The third kappa shape index (κ3) is 2.13. The molecule has 0 bridgehead atoms. The monoisotopic (exact) mass is 373 g/mol. The summed E-state index contributed by atoms with van der Waals surface area (Å²) in [6.45, 7) is 0. The van der Waals surface area contributed by atoms with Crippen molar-refractivity contribution in [3.05, 3.63) is 71.4 Å². The van der Waals surface area contributed by atoms with E-state index in [-0.39, 0.29) is 0 Å². The average Bonchev–Trinajstić information content (AvgIpc) is 2.75. The molecule has 0 fully saturated rings. The number of hydrogen-bond donors (Lipinski definition) is 3. The van der Waals surface area contributed by atoms with Crippen molar-refractivity contribution in [2.75, 3.05) is 0 Å². The minimum Gasteiger partial charge on any atom is -0.593 e. The van der Waals surface area contributed by atoms with Gasteiger partial charge < -0.3 is 10.0 Å². The van der Waals surface area contributed by atoms with Crippen LogP contribution >= 0.6 is 0 Å². The smallest absolute Gasteiger partial charge is 0.357 e. The van der Waals surface area contributed by atoms with Crippen molar-refractivity contribution >= 4 is 54.7 Å². The first-order chi connectivity index (χ1) is 13.7. The lowest BCUT2D eigenvalue weighted by molar-refractivity contribution is -1.000. The number of nitrogens with two attached hydrogens (primary N) is 2. The van der Waals surface area contributed by atoms with Gasteiger partial charge in [0.2, 0.25) is 0 Å². The molecule has 0 radical (unpaired) electrons. The lowest BCUT2D eigenvalue weighted by atomic mass is 9.88. The summed E-state index contributed by atoms with van der Waals surface area (Å²) in [5.74, 6) is 9.63. The fourth-order valence-electron chi connectivity index (χ4n) is 4.19. The topological polar surface area (TPSA) is 115 Å². The number of quaternary nitrogens is 1. The summed E-state index contributed by atoms with van der Waals surface area (Å²) in [5.41, 5.74) is 0.809.